The summed E-state index contributed by atoms with van der Waals surface area (Å²) in [4.78, 5) is 9.58. The van der Waals surface area contributed by atoms with Gasteiger partial charge in [-0.05, 0) is 112 Å². The molecule has 4 aromatic heterocycles. The quantitative estimate of drug-likeness (QED) is 0.216. The van der Waals surface area contributed by atoms with E-state index in [-0.39, 0.29) is 0 Å². The fourth-order valence-electron chi connectivity index (χ4n) is 6.41. The maximum absolute atomic E-state index is 6.64. The van der Waals surface area contributed by atoms with E-state index in [0.29, 0.717) is 0 Å². The third-order valence-corrected chi connectivity index (χ3v) is 8.19. The number of hydrogen-bond donors (Lipinski definition) is 0. The lowest BCUT2D eigenvalue weighted by Gasteiger charge is -2.14. The minimum absolute atomic E-state index is 0.778. The maximum Gasteiger partial charge on any atom is 0.145 e. The Morgan fingerprint density at radius 1 is 0.465 bits per heavy atom. The Hall–Kier alpha value is -5.42. The first-order chi connectivity index (χ1) is 20.9. The Balaban J connectivity index is 1.26. The second kappa shape index (κ2) is 9.57. The molecule has 8 aromatic rings. The molecular weight excluding hydrogens is 528 g/mol. The van der Waals surface area contributed by atoms with Gasteiger partial charge >= 0.3 is 0 Å². The van der Waals surface area contributed by atoms with Crippen molar-refractivity contribution >= 4 is 43.9 Å². The number of aromatic nitrogens is 4. The van der Waals surface area contributed by atoms with Crippen LogP contribution in [0.1, 0.15) is 22.3 Å². The summed E-state index contributed by atoms with van der Waals surface area (Å²) >= 11 is 0. The lowest BCUT2D eigenvalue weighted by molar-refractivity contribution is 0.481. The summed E-state index contributed by atoms with van der Waals surface area (Å²) in [6.07, 6.45) is 3.72. The van der Waals surface area contributed by atoms with E-state index >= 15 is 0 Å². The molecule has 0 aliphatic heterocycles. The van der Waals surface area contributed by atoms with Gasteiger partial charge in [0.15, 0.2) is 0 Å². The molecule has 0 bridgehead atoms. The van der Waals surface area contributed by atoms with E-state index in [4.69, 9.17) is 14.7 Å². The SMILES string of the molecule is Cc1cc(Oc2cc(C)cc(-n3c4ccc(C)cc4c4cccnc43)c2)cc(-n2c3ccc(C)cc3c3cccnc32)c1. The number of aryl methyl sites for hydroxylation is 4. The molecule has 5 heteroatoms. The van der Waals surface area contributed by atoms with Gasteiger partial charge in [0.05, 0.1) is 22.4 Å². The molecule has 0 saturated heterocycles. The number of ether oxygens (including phenoxy) is 1. The average Bonchev–Trinajstić information content (AvgIpc) is 3.49. The van der Waals surface area contributed by atoms with E-state index in [2.05, 4.69) is 122 Å². The summed E-state index contributed by atoms with van der Waals surface area (Å²) < 4.78 is 11.1. The predicted molar refractivity (Wildman–Crippen MR) is 176 cm³/mol. The van der Waals surface area contributed by atoms with Crippen LogP contribution in [0, 0.1) is 27.7 Å². The van der Waals surface area contributed by atoms with Gasteiger partial charge in [-0.25, -0.2) is 9.97 Å². The Labute approximate surface area is 249 Å². The van der Waals surface area contributed by atoms with Gasteiger partial charge in [0.25, 0.3) is 0 Å². The molecule has 0 amide bonds. The molecule has 43 heavy (non-hydrogen) atoms. The van der Waals surface area contributed by atoms with Crippen molar-refractivity contribution < 1.29 is 4.74 Å². The van der Waals surface area contributed by atoms with Crippen LogP contribution in [0.5, 0.6) is 11.5 Å². The molecule has 0 radical (unpaired) electrons. The highest BCUT2D eigenvalue weighted by Gasteiger charge is 2.17. The molecule has 0 aliphatic rings. The Bertz CT molecular complexity index is 2210. The summed E-state index contributed by atoms with van der Waals surface area (Å²) in [6, 6.07) is 34.2. The van der Waals surface area contributed by atoms with Gasteiger partial charge < -0.3 is 4.74 Å². The van der Waals surface area contributed by atoms with Crippen LogP contribution >= 0.6 is 0 Å². The lowest BCUT2D eigenvalue weighted by atomic mass is 10.1. The fraction of sp³-hybridized carbons (Fsp3) is 0.105. The Kier molecular flexibility index (Phi) is 5.63. The predicted octanol–water partition coefficient (Wildman–Crippen LogP) is 9.70. The van der Waals surface area contributed by atoms with Gasteiger partial charge in [-0.3, -0.25) is 9.13 Å². The van der Waals surface area contributed by atoms with E-state index in [1.165, 1.54) is 21.9 Å². The number of hydrogen-bond acceptors (Lipinski definition) is 3. The summed E-state index contributed by atoms with van der Waals surface area (Å²) in [5.41, 5.74) is 10.9. The molecule has 208 valence electrons. The molecule has 8 rings (SSSR count). The zero-order valence-corrected chi connectivity index (χ0v) is 24.6. The van der Waals surface area contributed by atoms with E-state index in [9.17, 15) is 0 Å². The van der Waals surface area contributed by atoms with Crippen molar-refractivity contribution in [1.82, 2.24) is 19.1 Å². The van der Waals surface area contributed by atoms with Crippen molar-refractivity contribution in [2.75, 3.05) is 0 Å². The largest absolute Gasteiger partial charge is 0.457 e. The third-order valence-electron chi connectivity index (χ3n) is 8.19. The monoisotopic (exact) mass is 558 g/mol. The van der Waals surface area contributed by atoms with Crippen LogP contribution < -0.4 is 4.74 Å². The van der Waals surface area contributed by atoms with E-state index < -0.39 is 0 Å². The first-order valence-electron chi connectivity index (χ1n) is 14.6. The van der Waals surface area contributed by atoms with Crippen molar-refractivity contribution in [3.63, 3.8) is 0 Å². The van der Waals surface area contributed by atoms with Gasteiger partial charge in [0.2, 0.25) is 0 Å². The van der Waals surface area contributed by atoms with Crippen molar-refractivity contribution in [2.45, 2.75) is 27.7 Å². The van der Waals surface area contributed by atoms with Crippen LogP contribution in [0.25, 0.3) is 55.2 Å². The number of benzene rings is 4. The van der Waals surface area contributed by atoms with E-state index in [0.717, 1.165) is 67.1 Å². The fourth-order valence-corrected chi connectivity index (χ4v) is 6.41. The summed E-state index contributed by atoms with van der Waals surface area (Å²) in [5.74, 6) is 1.56. The van der Waals surface area contributed by atoms with Gasteiger partial charge in [0.1, 0.15) is 22.8 Å². The molecule has 5 nitrogen and oxygen atoms in total. The number of pyridine rings is 2. The number of rotatable bonds is 4. The molecular formula is C38H30N4O. The van der Waals surface area contributed by atoms with Crippen LogP contribution in [0.15, 0.2) is 109 Å². The summed E-state index contributed by atoms with van der Waals surface area (Å²) in [7, 11) is 0. The molecule has 0 fully saturated rings. The summed E-state index contributed by atoms with van der Waals surface area (Å²) in [5, 5.41) is 4.68. The number of fused-ring (bicyclic) bond motifs is 6. The van der Waals surface area contributed by atoms with Crippen molar-refractivity contribution in [3.8, 4) is 22.9 Å². The first-order valence-corrected chi connectivity index (χ1v) is 14.6. The van der Waals surface area contributed by atoms with Crippen LogP contribution in [-0.2, 0) is 0 Å². The van der Waals surface area contributed by atoms with Crippen molar-refractivity contribution in [3.05, 3.63) is 132 Å². The molecule has 4 aromatic carbocycles. The van der Waals surface area contributed by atoms with Gasteiger partial charge in [0, 0.05) is 46.1 Å². The van der Waals surface area contributed by atoms with Crippen LogP contribution in [0.3, 0.4) is 0 Å². The molecule has 0 N–H and O–H groups in total. The Morgan fingerprint density at radius 2 is 0.930 bits per heavy atom. The molecule has 0 saturated carbocycles. The lowest BCUT2D eigenvalue weighted by Crippen LogP contribution is -1.99. The van der Waals surface area contributed by atoms with Gasteiger partial charge in [-0.15, -0.1) is 0 Å². The molecule has 4 heterocycles. The van der Waals surface area contributed by atoms with Crippen LogP contribution in [-0.4, -0.2) is 19.1 Å². The maximum atomic E-state index is 6.64. The zero-order chi connectivity index (χ0) is 29.2. The molecule has 0 spiro atoms. The minimum atomic E-state index is 0.778. The van der Waals surface area contributed by atoms with E-state index in [1.54, 1.807) is 0 Å². The van der Waals surface area contributed by atoms with Gasteiger partial charge in [-0.2, -0.15) is 0 Å². The normalized spacial score (nSPS) is 11.7. The number of nitrogens with zero attached hydrogens (tertiary/aromatic N) is 4. The highest BCUT2D eigenvalue weighted by atomic mass is 16.5. The minimum Gasteiger partial charge on any atom is -0.457 e. The topological polar surface area (TPSA) is 44.9 Å². The second-order valence-electron chi connectivity index (χ2n) is 11.6. The third kappa shape index (κ3) is 4.16. The zero-order valence-electron chi connectivity index (χ0n) is 24.6. The summed E-state index contributed by atoms with van der Waals surface area (Å²) in [6.45, 7) is 8.47. The highest BCUT2D eigenvalue weighted by molar-refractivity contribution is 6.09. The van der Waals surface area contributed by atoms with Gasteiger partial charge in [-0.1, -0.05) is 23.3 Å². The standard InChI is InChI=1S/C38H30N4O/c1-23-9-11-35-33(19-23)31-7-5-13-39-37(31)41(35)27-15-25(3)17-29(21-27)43-30-18-26(4)16-28(22-30)42-36-12-10-24(2)20-34(36)32-8-6-14-40-38(32)42/h5-22H,1-4H3. The van der Waals surface area contributed by atoms with Crippen molar-refractivity contribution in [1.29, 1.82) is 0 Å². The van der Waals surface area contributed by atoms with E-state index in [1.807, 2.05) is 24.5 Å². The highest BCUT2D eigenvalue weighted by Crippen LogP contribution is 2.36. The Morgan fingerprint density at radius 3 is 1.40 bits per heavy atom. The second-order valence-corrected chi connectivity index (χ2v) is 11.6. The molecule has 0 atom stereocenters. The smallest absolute Gasteiger partial charge is 0.145 e. The van der Waals surface area contributed by atoms with Crippen LogP contribution in [0.2, 0.25) is 0 Å². The average molecular weight is 559 g/mol. The first kappa shape index (κ1) is 25.3. The molecule has 0 aliphatic carbocycles. The van der Waals surface area contributed by atoms with Crippen molar-refractivity contribution in [2.24, 2.45) is 0 Å². The molecule has 0 unspecified atom stereocenters. The van der Waals surface area contributed by atoms with Crippen LogP contribution in [0.4, 0.5) is 0 Å².